The summed E-state index contributed by atoms with van der Waals surface area (Å²) in [6, 6.07) is 29.9. The first-order valence-electron chi connectivity index (χ1n) is 20.8. The number of carbonyl (C=O) groups excluding carboxylic acids is 2. The molecule has 364 valence electrons. The van der Waals surface area contributed by atoms with E-state index in [1.165, 1.54) is 70.6 Å². The van der Waals surface area contributed by atoms with Gasteiger partial charge >= 0.3 is 22.3 Å². The van der Waals surface area contributed by atoms with E-state index in [1.54, 1.807) is 62.8 Å². The van der Waals surface area contributed by atoms with E-state index in [9.17, 15) is 28.8 Å². The van der Waals surface area contributed by atoms with Crippen LogP contribution in [0.5, 0.6) is 11.5 Å². The lowest BCUT2D eigenvalue weighted by atomic mass is 10.1. The zero-order valence-corrected chi connectivity index (χ0v) is 38.3. The Hall–Kier alpha value is -9.19. The lowest BCUT2D eigenvalue weighted by Crippen LogP contribution is -2.25. The van der Waals surface area contributed by atoms with Crippen molar-refractivity contribution in [1.29, 1.82) is 0 Å². The van der Waals surface area contributed by atoms with Gasteiger partial charge in [0.05, 0.1) is 85.3 Å². The number of hydrogen-bond acceptors (Lipinski definition) is 14. The van der Waals surface area contributed by atoms with Crippen molar-refractivity contribution in [3.05, 3.63) is 200 Å². The predicted octanol–water partition coefficient (Wildman–Crippen LogP) is 4.30. The van der Waals surface area contributed by atoms with Crippen LogP contribution in [0.4, 0.5) is 0 Å². The summed E-state index contributed by atoms with van der Waals surface area (Å²) in [5.74, 6) is -1.41. The predicted molar refractivity (Wildman–Crippen MR) is 255 cm³/mol. The van der Waals surface area contributed by atoms with E-state index in [2.05, 4.69) is 30.6 Å². The van der Waals surface area contributed by atoms with E-state index in [-0.39, 0.29) is 57.5 Å². The van der Waals surface area contributed by atoms with Crippen LogP contribution in [-0.2, 0) is 36.6 Å². The SMILES string of the molecule is COc1ccc(CNC(=O)c2cc3c(=O)n(Cc4ccc(C(=O)O)cc4)cnc3cn2)cc1.COc1ccc(CNC(=O)c2cc3c(=O)n(Cc4ccc(C(=O)O)cc4)cnc3cn2)cc1.O=S(=O)(O)O. The summed E-state index contributed by atoms with van der Waals surface area (Å²) in [7, 11) is -1.50. The number of aromatic carboxylic acids is 2. The largest absolute Gasteiger partial charge is 0.497 e. The molecule has 0 atom stereocenters. The average Bonchev–Trinajstić information content (AvgIpc) is 3.36. The number of benzene rings is 4. The van der Waals surface area contributed by atoms with E-state index in [1.807, 2.05) is 24.3 Å². The van der Waals surface area contributed by atoms with Gasteiger partial charge in [-0.05, 0) is 82.9 Å². The van der Waals surface area contributed by atoms with Crippen LogP contribution in [0.25, 0.3) is 21.8 Å². The fourth-order valence-corrected chi connectivity index (χ4v) is 6.53. The molecule has 23 heteroatoms. The van der Waals surface area contributed by atoms with E-state index in [0.29, 0.717) is 24.1 Å². The Kier molecular flexibility index (Phi) is 16.7. The first-order valence-corrected chi connectivity index (χ1v) is 22.2. The molecule has 22 nitrogen and oxygen atoms in total. The summed E-state index contributed by atoms with van der Waals surface area (Å²) in [6.45, 7) is 1.02. The minimum Gasteiger partial charge on any atom is -0.497 e. The molecule has 4 heterocycles. The van der Waals surface area contributed by atoms with Crippen LogP contribution in [-0.4, -0.2) is 94.8 Å². The standard InChI is InChI=1S/2C24H20N4O5.H2O4S/c2*1-33-18-8-4-15(5-9-18)11-26-22(29)20-10-19-21(12-25-20)27-14-28(23(19)30)13-16-2-6-17(7-3-16)24(31)32;1-5(2,3)4/h2*2-10,12,14H,11,13H2,1H3,(H,26,29)(H,31,32);(H2,1,2,3,4). The second-order valence-corrected chi connectivity index (χ2v) is 15.9. The Morgan fingerprint density at radius 3 is 1.17 bits per heavy atom. The van der Waals surface area contributed by atoms with E-state index < -0.39 is 34.2 Å². The van der Waals surface area contributed by atoms with Crippen molar-refractivity contribution in [2.24, 2.45) is 0 Å². The molecule has 8 rings (SSSR count). The first-order chi connectivity index (χ1) is 33.9. The number of carboxylic acid groups (broad SMARTS) is 2. The number of aromatic nitrogens is 6. The van der Waals surface area contributed by atoms with Crippen molar-refractivity contribution in [2.75, 3.05) is 14.2 Å². The molecular weight excluding hydrogens is 945 g/mol. The topological polar surface area (TPSA) is 321 Å². The van der Waals surface area contributed by atoms with Crippen LogP contribution in [0.15, 0.2) is 144 Å². The third-order valence-electron chi connectivity index (χ3n) is 10.2. The van der Waals surface area contributed by atoms with Crippen LogP contribution in [0.2, 0.25) is 0 Å². The Balaban J connectivity index is 0.000000212. The minimum absolute atomic E-state index is 0.110. The zero-order chi connectivity index (χ0) is 51.2. The van der Waals surface area contributed by atoms with Gasteiger partial charge in [-0.15, -0.1) is 0 Å². The van der Waals surface area contributed by atoms with Crippen LogP contribution in [0.3, 0.4) is 0 Å². The molecule has 8 aromatic rings. The molecule has 2 amide bonds. The van der Waals surface area contributed by atoms with Gasteiger partial charge in [-0.3, -0.25) is 37.4 Å². The van der Waals surface area contributed by atoms with Crippen LogP contribution in [0, 0.1) is 0 Å². The van der Waals surface area contributed by atoms with Crippen molar-refractivity contribution in [3.8, 4) is 11.5 Å². The molecule has 0 unspecified atom stereocenters. The van der Waals surface area contributed by atoms with Crippen molar-refractivity contribution >= 4 is 56.0 Å². The quantitative estimate of drug-likeness (QED) is 0.0827. The number of carbonyl (C=O) groups is 4. The van der Waals surface area contributed by atoms with Crippen LogP contribution < -0.4 is 31.2 Å². The Morgan fingerprint density at radius 1 is 0.535 bits per heavy atom. The fourth-order valence-electron chi connectivity index (χ4n) is 6.53. The molecule has 0 aliphatic heterocycles. The number of amides is 2. The third-order valence-corrected chi connectivity index (χ3v) is 10.2. The van der Waals surface area contributed by atoms with Gasteiger partial charge in [-0.2, -0.15) is 8.42 Å². The van der Waals surface area contributed by atoms with Gasteiger partial charge in [0, 0.05) is 13.1 Å². The summed E-state index contributed by atoms with van der Waals surface area (Å²) in [5, 5.41) is 24.1. The number of fused-ring (bicyclic) bond motifs is 2. The molecule has 0 saturated carbocycles. The number of hydrogen-bond donors (Lipinski definition) is 6. The maximum atomic E-state index is 13.0. The third kappa shape index (κ3) is 14.4. The Labute approximate surface area is 402 Å². The van der Waals surface area contributed by atoms with Crippen LogP contribution in [0.1, 0.15) is 63.9 Å². The van der Waals surface area contributed by atoms with Gasteiger partial charge in [0.15, 0.2) is 0 Å². The number of pyridine rings is 2. The number of nitrogens with one attached hydrogen (secondary N) is 2. The van der Waals surface area contributed by atoms with Gasteiger partial charge in [-0.1, -0.05) is 48.5 Å². The number of rotatable bonds is 14. The molecule has 0 aliphatic carbocycles. The molecule has 0 aliphatic rings. The van der Waals surface area contributed by atoms with Crippen molar-refractivity contribution in [3.63, 3.8) is 0 Å². The van der Waals surface area contributed by atoms with Gasteiger partial charge < -0.3 is 30.3 Å². The van der Waals surface area contributed by atoms with Gasteiger partial charge in [0.2, 0.25) is 0 Å². The Bertz CT molecular complexity index is 3240. The minimum atomic E-state index is -4.67. The highest BCUT2D eigenvalue weighted by molar-refractivity contribution is 7.79. The molecule has 0 bridgehead atoms. The second kappa shape index (κ2) is 23.2. The monoisotopic (exact) mass is 986 g/mol. The molecule has 6 N–H and O–H groups in total. The van der Waals surface area contributed by atoms with E-state index in [0.717, 1.165) is 33.8 Å². The molecule has 0 spiro atoms. The molecule has 71 heavy (non-hydrogen) atoms. The summed E-state index contributed by atoms with van der Waals surface area (Å²) < 4.78 is 44.6. The zero-order valence-electron chi connectivity index (χ0n) is 37.5. The van der Waals surface area contributed by atoms with Crippen molar-refractivity contribution in [1.82, 2.24) is 39.7 Å². The lowest BCUT2D eigenvalue weighted by molar-refractivity contribution is 0.0686. The van der Waals surface area contributed by atoms with Crippen molar-refractivity contribution < 1.29 is 56.4 Å². The first kappa shape index (κ1) is 51.2. The number of carboxylic acids is 2. The van der Waals surface area contributed by atoms with Gasteiger partial charge in [-0.25, -0.2) is 29.5 Å². The highest BCUT2D eigenvalue weighted by Crippen LogP contribution is 2.15. The molecule has 0 saturated heterocycles. The van der Waals surface area contributed by atoms with Gasteiger partial charge in [0.1, 0.15) is 22.9 Å². The number of methoxy groups -OCH3 is 2. The van der Waals surface area contributed by atoms with E-state index >= 15 is 0 Å². The highest BCUT2D eigenvalue weighted by Gasteiger charge is 2.15. The lowest BCUT2D eigenvalue weighted by Gasteiger charge is -2.09. The number of nitrogens with zero attached hydrogens (tertiary/aromatic N) is 6. The Morgan fingerprint density at radius 2 is 0.859 bits per heavy atom. The normalized spacial score (nSPS) is 10.8. The smallest absolute Gasteiger partial charge is 0.394 e. The summed E-state index contributed by atoms with van der Waals surface area (Å²) in [5.41, 5.74) is 3.93. The highest BCUT2D eigenvalue weighted by atomic mass is 32.3. The summed E-state index contributed by atoms with van der Waals surface area (Å²) in [6.07, 6.45) is 5.60. The maximum Gasteiger partial charge on any atom is 0.394 e. The number of ether oxygens (including phenoxy) is 2. The molecular formula is C48H42N8O14S. The van der Waals surface area contributed by atoms with Crippen molar-refractivity contribution in [2.45, 2.75) is 26.2 Å². The molecule has 4 aromatic carbocycles. The summed E-state index contributed by atoms with van der Waals surface area (Å²) in [4.78, 5) is 89.9. The maximum absolute atomic E-state index is 13.0. The van der Waals surface area contributed by atoms with Crippen LogP contribution >= 0.6 is 0 Å². The molecule has 0 fully saturated rings. The van der Waals surface area contributed by atoms with E-state index in [4.69, 9.17) is 37.2 Å². The second-order valence-electron chi connectivity index (χ2n) is 15.0. The average molecular weight is 987 g/mol. The fraction of sp³-hybridized carbons (Fsp3) is 0.125. The molecule has 4 aromatic heterocycles. The molecule has 0 radical (unpaired) electrons. The van der Waals surface area contributed by atoms with Gasteiger partial charge in [0.25, 0.3) is 22.9 Å². The summed E-state index contributed by atoms with van der Waals surface area (Å²) >= 11 is 0.